The fraction of sp³-hybridized carbons (Fsp3) is 0.188. The molecule has 5 nitrogen and oxygen atoms in total. The molecule has 2 aromatic rings. The molecule has 0 spiro atoms. The minimum Gasteiger partial charge on any atom is -0.485 e. The topological polar surface area (TPSA) is 55.7 Å². The van der Waals surface area contributed by atoms with Gasteiger partial charge < -0.3 is 9.47 Å². The second-order valence-electron chi connectivity index (χ2n) is 4.80. The number of hydrogen-bond donors (Lipinski definition) is 1. The van der Waals surface area contributed by atoms with Gasteiger partial charge in [-0.1, -0.05) is 24.4 Å². The smallest absolute Gasteiger partial charge is 0.172 e. The van der Waals surface area contributed by atoms with Gasteiger partial charge >= 0.3 is 0 Å². The molecule has 1 aromatic heterocycles. The number of benzene rings is 1. The second kappa shape index (κ2) is 6.53. The fourth-order valence-electron chi connectivity index (χ4n) is 2.00. The number of ether oxygens (including phenoxy) is 2. The maximum absolute atomic E-state index is 5.88. The SMILES string of the molecule is C/C(=N/NC(=S)c1cccnc1)[C@@H]1COc2ccccc2O1. The molecule has 0 saturated heterocycles. The van der Waals surface area contributed by atoms with Crippen molar-refractivity contribution in [2.45, 2.75) is 13.0 Å². The second-order valence-corrected chi connectivity index (χ2v) is 5.21. The molecule has 0 unspecified atom stereocenters. The molecule has 0 radical (unpaired) electrons. The Morgan fingerprint density at radius 3 is 2.86 bits per heavy atom. The molecule has 1 atom stereocenters. The molecule has 0 aliphatic carbocycles. The zero-order valence-corrected chi connectivity index (χ0v) is 12.8. The van der Waals surface area contributed by atoms with E-state index < -0.39 is 0 Å². The summed E-state index contributed by atoms with van der Waals surface area (Å²) in [5, 5.41) is 4.29. The highest BCUT2D eigenvalue weighted by atomic mass is 32.1. The van der Waals surface area contributed by atoms with Crippen LogP contribution in [-0.4, -0.2) is 28.4 Å². The van der Waals surface area contributed by atoms with Crippen molar-refractivity contribution < 1.29 is 9.47 Å². The number of hydrazone groups is 1. The first kappa shape index (κ1) is 14.5. The van der Waals surface area contributed by atoms with E-state index in [0.29, 0.717) is 11.6 Å². The molecule has 1 aliphatic heterocycles. The first-order valence-corrected chi connectivity index (χ1v) is 7.28. The van der Waals surface area contributed by atoms with Crippen LogP contribution in [0.2, 0.25) is 0 Å². The fourth-order valence-corrected chi connectivity index (χ4v) is 2.16. The summed E-state index contributed by atoms with van der Waals surface area (Å²) in [6.07, 6.45) is 3.15. The van der Waals surface area contributed by atoms with Crippen LogP contribution in [-0.2, 0) is 0 Å². The third-order valence-electron chi connectivity index (χ3n) is 3.23. The Bertz CT molecular complexity index is 704. The number of fused-ring (bicyclic) bond motifs is 1. The summed E-state index contributed by atoms with van der Waals surface area (Å²) in [5.41, 5.74) is 4.45. The van der Waals surface area contributed by atoms with E-state index in [4.69, 9.17) is 21.7 Å². The van der Waals surface area contributed by atoms with E-state index in [0.717, 1.165) is 22.8 Å². The predicted octanol–water partition coefficient (Wildman–Crippen LogP) is 2.56. The molecule has 3 rings (SSSR count). The summed E-state index contributed by atoms with van der Waals surface area (Å²) < 4.78 is 11.6. The molecule has 0 amide bonds. The number of aromatic nitrogens is 1. The van der Waals surface area contributed by atoms with E-state index in [1.54, 1.807) is 12.4 Å². The highest BCUT2D eigenvalue weighted by Crippen LogP contribution is 2.31. The van der Waals surface area contributed by atoms with Crippen LogP contribution in [0.3, 0.4) is 0 Å². The van der Waals surface area contributed by atoms with Gasteiger partial charge in [0.2, 0.25) is 0 Å². The molecule has 1 aromatic carbocycles. The Morgan fingerprint density at radius 2 is 2.09 bits per heavy atom. The van der Waals surface area contributed by atoms with E-state index in [1.807, 2.05) is 43.3 Å². The number of thiocarbonyl (C=S) groups is 1. The lowest BCUT2D eigenvalue weighted by molar-refractivity contribution is 0.134. The van der Waals surface area contributed by atoms with E-state index in [9.17, 15) is 0 Å². The maximum Gasteiger partial charge on any atom is 0.172 e. The minimum absolute atomic E-state index is 0.237. The molecule has 6 heteroatoms. The summed E-state index contributed by atoms with van der Waals surface area (Å²) in [5.74, 6) is 1.48. The predicted molar refractivity (Wildman–Crippen MR) is 88.5 cm³/mol. The zero-order chi connectivity index (χ0) is 15.4. The monoisotopic (exact) mass is 313 g/mol. The molecule has 0 fully saturated rings. The lowest BCUT2D eigenvalue weighted by Gasteiger charge is -2.26. The summed E-state index contributed by atoms with van der Waals surface area (Å²) in [6.45, 7) is 2.30. The third kappa shape index (κ3) is 3.23. The summed E-state index contributed by atoms with van der Waals surface area (Å²) in [4.78, 5) is 4.55. The molecule has 1 aliphatic rings. The van der Waals surface area contributed by atoms with Gasteiger partial charge in [0, 0.05) is 18.0 Å². The van der Waals surface area contributed by atoms with Gasteiger partial charge in [-0.25, -0.2) is 0 Å². The Hall–Kier alpha value is -2.47. The standard InChI is InChI=1S/C16H15N3O2S/c1-11(18-19-16(22)12-5-4-8-17-9-12)15-10-20-13-6-2-3-7-14(13)21-15/h2-9,15H,10H2,1H3,(H,19,22)/b18-11-/t15-/m0/s1. The summed E-state index contributed by atoms with van der Waals surface area (Å²) >= 11 is 5.27. The van der Waals surface area contributed by atoms with E-state index >= 15 is 0 Å². The molecule has 0 saturated carbocycles. The Kier molecular flexibility index (Phi) is 4.29. The van der Waals surface area contributed by atoms with Gasteiger partial charge in [0.05, 0.1) is 5.71 Å². The largest absolute Gasteiger partial charge is 0.485 e. The van der Waals surface area contributed by atoms with Crippen molar-refractivity contribution in [3.8, 4) is 11.5 Å². The number of nitrogens with one attached hydrogen (secondary N) is 1. The Morgan fingerprint density at radius 1 is 1.27 bits per heavy atom. The van der Waals surface area contributed by atoms with E-state index in [2.05, 4.69) is 15.5 Å². The van der Waals surface area contributed by atoms with Crippen LogP contribution in [0, 0.1) is 0 Å². The molecule has 112 valence electrons. The maximum atomic E-state index is 5.88. The van der Waals surface area contributed by atoms with Crippen LogP contribution in [0.5, 0.6) is 11.5 Å². The summed E-state index contributed by atoms with van der Waals surface area (Å²) in [7, 11) is 0. The van der Waals surface area contributed by atoms with Gasteiger partial charge in [-0.2, -0.15) is 5.10 Å². The lowest BCUT2D eigenvalue weighted by Crippen LogP contribution is -2.36. The average molecular weight is 313 g/mol. The molecule has 2 heterocycles. The highest BCUT2D eigenvalue weighted by Gasteiger charge is 2.23. The third-order valence-corrected chi connectivity index (χ3v) is 3.56. The number of hydrogen-bond acceptors (Lipinski definition) is 5. The number of nitrogens with zero attached hydrogens (tertiary/aromatic N) is 2. The minimum atomic E-state index is -0.237. The van der Waals surface area contributed by atoms with Crippen LogP contribution in [0.4, 0.5) is 0 Å². The quantitative estimate of drug-likeness (QED) is 0.536. The van der Waals surface area contributed by atoms with Crippen LogP contribution >= 0.6 is 12.2 Å². The number of pyridine rings is 1. The first-order valence-electron chi connectivity index (χ1n) is 6.87. The van der Waals surface area contributed by atoms with Crippen LogP contribution in [0.25, 0.3) is 0 Å². The molecule has 1 N–H and O–H groups in total. The molecule has 0 bridgehead atoms. The van der Waals surface area contributed by atoms with Crippen LogP contribution < -0.4 is 14.9 Å². The molecule has 22 heavy (non-hydrogen) atoms. The average Bonchev–Trinajstić information content (AvgIpc) is 2.59. The van der Waals surface area contributed by atoms with Crippen molar-refractivity contribution in [3.05, 3.63) is 54.4 Å². The number of rotatable bonds is 3. The Labute approximate surface area is 134 Å². The van der Waals surface area contributed by atoms with E-state index in [-0.39, 0.29) is 6.10 Å². The Balaban J connectivity index is 1.65. The number of para-hydroxylation sites is 2. The van der Waals surface area contributed by atoms with Crippen molar-refractivity contribution in [1.29, 1.82) is 0 Å². The van der Waals surface area contributed by atoms with Crippen molar-refractivity contribution in [2.24, 2.45) is 5.10 Å². The van der Waals surface area contributed by atoms with Crippen molar-refractivity contribution >= 4 is 22.9 Å². The van der Waals surface area contributed by atoms with Gasteiger partial charge in [-0.15, -0.1) is 0 Å². The zero-order valence-electron chi connectivity index (χ0n) is 12.0. The summed E-state index contributed by atoms with van der Waals surface area (Å²) in [6, 6.07) is 11.3. The molecular formula is C16H15N3O2S. The van der Waals surface area contributed by atoms with Gasteiger partial charge in [0.15, 0.2) is 17.6 Å². The molecular weight excluding hydrogens is 298 g/mol. The van der Waals surface area contributed by atoms with Crippen molar-refractivity contribution in [2.75, 3.05) is 6.61 Å². The van der Waals surface area contributed by atoms with Crippen molar-refractivity contribution in [3.63, 3.8) is 0 Å². The first-order chi connectivity index (χ1) is 10.7. The van der Waals surface area contributed by atoms with Gasteiger partial charge in [0.1, 0.15) is 11.6 Å². The highest BCUT2D eigenvalue weighted by molar-refractivity contribution is 7.80. The van der Waals surface area contributed by atoms with Gasteiger partial charge in [-0.05, 0) is 31.2 Å². The van der Waals surface area contributed by atoms with Gasteiger partial charge in [-0.3, -0.25) is 10.4 Å². The van der Waals surface area contributed by atoms with E-state index in [1.165, 1.54) is 0 Å². The van der Waals surface area contributed by atoms with Crippen molar-refractivity contribution in [1.82, 2.24) is 10.4 Å². The van der Waals surface area contributed by atoms with Crippen LogP contribution in [0.1, 0.15) is 12.5 Å². The lowest BCUT2D eigenvalue weighted by atomic mass is 10.2. The van der Waals surface area contributed by atoms with Crippen LogP contribution in [0.15, 0.2) is 53.9 Å². The van der Waals surface area contributed by atoms with Gasteiger partial charge in [0.25, 0.3) is 0 Å². The normalized spacial score (nSPS) is 17.0.